The predicted octanol–water partition coefficient (Wildman–Crippen LogP) is 2.82. The van der Waals surface area contributed by atoms with E-state index >= 15 is 0 Å². The van der Waals surface area contributed by atoms with Crippen molar-refractivity contribution in [3.63, 3.8) is 0 Å². The minimum atomic E-state index is -0.248. The summed E-state index contributed by atoms with van der Waals surface area (Å²) in [5, 5.41) is 5.48. The normalized spacial score (nSPS) is 22.0. The predicted molar refractivity (Wildman–Crippen MR) is 106 cm³/mol. The fourth-order valence-corrected chi connectivity index (χ4v) is 5.50. The Morgan fingerprint density at radius 3 is 2.77 bits per heavy atom. The average Bonchev–Trinajstić information content (AvgIpc) is 3.04. The number of anilines is 2. The molecule has 0 radical (unpaired) electrons. The Morgan fingerprint density at radius 2 is 2.04 bits per heavy atom. The van der Waals surface area contributed by atoms with Crippen molar-refractivity contribution < 1.29 is 0 Å². The van der Waals surface area contributed by atoms with Gasteiger partial charge in [0.05, 0.1) is 34.2 Å². The Hall–Kier alpha value is -2.12. The summed E-state index contributed by atoms with van der Waals surface area (Å²) < 4.78 is 2.51. The van der Waals surface area contributed by atoms with Crippen LogP contribution in [0, 0.1) is 6.92 Å². The second-order valence-corrected chi connectivity index (χ2v) is 8.43. The Kier molecular flexibility index (Phi) is 3.52. The van der Waals surface area contributed by atoms with Gasteiger partial charge in [0.25, 0.3) is 5.56 Å². The third-order valence-electron chi connectivity index (χ3n) is 5.42. The van der Waals surface area contributed by atoms with Gasteiger partial charge in [-0.15, -0.1) is 0 Å². The molecule has 134 valence electrons. The Balaban J connectivity index is 1.43. The second-order valence-electron chi connectivity index (χ2n) is 7.05. The lowest BCUT2D eigenvalue weighted by atomic mass is 9.88. The molecule has 0 aliphatic carbocycles. The van der Waals surface area contributed by atoms with Crippen LogP contribution in [0.1, 0.15) is 12.0 Å². The minimum absolute atomic E-state index is 0.248. The summed E-state index contributed by atoms with van der Waals surface area (Å²) >= 11 is 8.04. The number of rotatable bonds is 2. The molecule has 0 amide bonds. The molecule has 3 saturated heterocycles. The van der Waals surface area contributed by atoms with Crippen LogP contribution >= 0.6 is 22.9 Å². The van der Waals surface area contributed by atoms with Gasteiger partial charge in [-0.05, 0) is 25.0 Å². The summed E-state index contributed by atoms with van der Waals surface area (Å²) in [7, 11) is 1.61. The molecule has 3 aliphatic rings. The van der Waals surface area contributed by atoms with Gasteiger partial charge in [0.15, 0.2) is 5.13 Å². The SMILES string of the molecule is Cc1cccc2sc(N3C4CC3CN(c3cnn(C)c(=O)c3Cl)C4)nc12. The summed E-state index contributed by atoms with van der Waals surface area (Å²) in [6.07, 6.45) is 2.85. The second kappa shape index (κ2) is 5.69. The Labute approximate surface area is 159 Å². The van der Waals surface area contributed by atoms with Gasteiger partial charge < -0.3 is 9.80 Å². The summed E-state index contributed by atoms with van der Waals surface area (Å²) in [6, 6.07) is 7.12. The Bertz CT molecular complexity index is 1070. The van der Waals surface area contributed by atoms with Crippen molar-refractivity contribution in [1.29, 1.82) is 0 Å². The van der Waals surface area contributed by atoms with Crippen molar-refractivity contribution in [2.75, 3.05) is 22.9 Å². The van der Waals surface area contributed by atoms with Crippen LogP contribution in [0.3, 0.4) is 0 Å². The van der Waals surface area contributed by atoms with Crippen LogP contribution in [0.15, 0.2) is 29.2 Å². The molecule has 0 N–H and O–H groups in total. The van der Waals surface area contributed by atoms with Gasteiger partial charge in [0, 0.05) is 20.1 Å². The number of aryl methyl sites for hydroxylation is 2. The van der Waals surface area contributed by atoms with E-state index in [0.717, 1.165) is 35.8 Å². The molecule has 0 spiro atoms. The first-order valence-corrected chi connectivity index (χ1v) is 9.83. The summed E-state index contributed by atoms with van der Waals surface area (Å²) in [6.45, 7) is 3.77. The molecule has 3 aromatic rings. The highest BCUT2D eigenvalue weighted by Gasteiger charge is 2.46. The van der Waals surface area contributed by atoms with Crippen molar-refractivity contribution >= 4 is 44.0 Å². The number of para-hydroxylation sites is 1. The van der Waals surface area contributed by atoms with Gasteiger partial charge >= 0.3 is 0 Å². The molecule has 3 aliphatic heterocycles. The molecule has 2 atom stereocenters. The van der Waals surface area contributed by atoms with Gasteiger partial charge in [0.2, 0.25) is 0 Å². The highest BCUT2D eigenvalue weighted by atomic mass is 35.5. The van der Waals surface area contributed by atoms with E-state index in [2.05, 4.69) is 40.0 Å². The van der Waals surface area contributed by atoms with E-state index in [4.69, 9.17) is 16.6 Å². The molecular weight excluding hydrogens is 370 g/mol. The van der Waals surface area contributed by atoms with E-state index in [1.165, 1.54) is 14.9 Å². The first-order chi connectivity index (χ1) is 12.5. The maximum atomic E-state index is 12.1. The number of halogens is 1. The maximum Gasteiger partial charge on any atom is 0.287 e. The van der Waals surface area contributed by atoms with Crippen LogP contribution in [0.5, 0.6) is 0 Å². The molecule has 26 heavy (non-hydrogen) atoms. The molecule has 5 heterocycles. The third kappa shape index (κ3) is 2.27. The Morgan fingerprint density at radius 1 is 1.27 bits per heavy atom. The van der Waals surface area contributed by atoms with E-state index in [0.29, 0.717) is 12.1 Å². The van der Waals surface area contributed by atoms with E-state index in [1.807, 2.05) is 0 Å². The van der Waals surface area contributed by atoms with Crippen molar-refractivity contribution in [2.45, 2.75) is 25.4 Å². The molecule has 3 fully saturated rings. The van der Waals surface area contributed by atoms with Gasteiger partial charge in [-0.25, -0.2) is 9.67 Å². The van der Waals surface area contributed by atoms with Gasteiger partial charge in [-0.2, -0.15) is 5.10 Å². The number of fused-ring (bicyclic) bond motifs is 3. The molecule has 1 aromatic carbocycles. The fourth-order valence-electron chi connectivity index (χ4n) is 4.03. The van der Waals surface area contributed by atoms with Crippen LogP contribution in [-0.4, -0.2) is 39.9 Å². The monoisotopic (exact) mass is 387 g/mol. The maximum absolute atomic E-state index is 12.1. The number of thiazole rings is 1. The smallest absolute Gasteiger partial charge is 0.287 e. The molecule has 0 saturated carbocycles. The number of piperazine rings is 1. The minimum Gasteiger partial charge on any atom is -0.365 e. The van der Waals surface area contributed by atoms with E-state index < -0.39 is 0 Å². The highest BCUT2D eigenvalue weighted by molar-refractivity contribution is 7.22. The van der Waals surface area contributed by atoms with Crippen LogP contribution < -0.4 is 15.4 Å². The lowest BCUT2D eigenvalue weighted by Crippen LogP contribution is -2.69. The summed E-state index contributed by atoms with van der Waals surface area (Å²) in [4.78, 5) is 21.6. The first kappa shape index (κ1) is 16.1. The average molecular weight is 388 g/mol. The van der Waals surface area contributed by atoms with E-state index in [-0.39, 0.29) is 10.6 Å². The first-order valence-electron chi connectivity index (χ1n) is 8.64. The van der Waals surface area contributed by atoms with Crippen LogP contribution in [-0.2, 0) is 7.05 Å². The molecule has 8 heteroatoms. The van der Waals surface area contributed by atoms with Gasteiger partial charge in [0.1, 0.15) is 5.02 Å². The zero-order valence-electron chi connectivity index (χ0n) is 14.5. The number of benzene rings is 1. The number of hydrogen-bond acceptors (Lipinski definition) is 6. The molecule has 6 nitrogen and oxygen atoms in total. The van der Waals surface area contributed by atoms with Crippen LogP contribution in [0.25, 0.3) is 10.2 Å². The quantitative estimate of drug-likeness (QED) is 0.676. The number of hydrogen-bond donors (Lipinski definition) is 0. The van der Waals surface area contributed by atoms with Crippen molar-refractivity contribution in [3.05, 3.63) is 45.3 Å². The topological polar surface area (TPSA) is 54.3 Å². The van der Waals surface area contributed by atoms with Crippen LogP contribution in [0.4, 0.5) is 10.8 Å². The molecule has 2 unspecified atom stereocenters. The van der Waals surface area contributed by atoms with E-state index in [9.17, 15) is 4.79 Å². The third-order valence-corrected chi connectivity index (χ3v) is 6.81. The molecular formula is C18H18ClN5OS. The molecule has 2 bridgehead atoms. The van der Waals surface area contributed by atoms with Gasteiger partial charge in [-0.3, -0.25) is 4.79 Å². The van der Waals surface area contributed by atoms with Crippen LogP contribution in [0.2, 0.25) is 5.02 Å². The molecule has 2 aromatic heterocycles. The lowest BCUT2D eigenvalue weighted by Gasteiger charge is -2.56. The number of piperidine rings is 1. The van der Waals surface area contributed by atoms with Crippen molar-refractivity contribution in [1.82, 2.24) is 14.8 Å². The molecule has 6 rings (SSSR count). The van der Waals surface area contributed by atoms with Crippen molar-refractivity contribution in [2.24, 2.45) is 7.05 Å². The summed E-state index contributed by atoms with van der Waals surface area (Å²) in [5.74, 6) is 0. The highest BCUT2D eigenvalue weighted by Crippen LogP contribution is 2.42. The standard InChI is InChI=1S/C18H18ClN5OS/c1-10-4-3-5-14-16(10)21-18(26-14)24-11-6-12(24)9-23(8-11)13-7-20-22(2)17(25)15(13)19/h3-5,7,11-12H,6,8-9H2,1-2H3. The fraction of sp³-hybridized carbons (Fsp3) is 0.389. The largest absolute Gasteiger partial charge is 0.365 e. The summed E-state index contributed by atoms with van der Waals surface area (Å²) in [5.41, 5.74) is 2.81. The zero-order chi connectivity index (χ0) is 18.0. The van der Waals surface area contributed by atoms with E-state index in [1.54, 1.807) is 24.6 Å². The lowest BCUT2D eigenvalue weighted by molar-refractivity contribution is 0.291. The van der Waals surface area contributed by atoms with Crippen molar-refractivity contribution in [3.8, 4) is 0 Å². The number of nitrogens with zero attached hydrogens (tertiary/aromatic N) is 5. The zero-order valence-corrected chi connectivity index (χ0v) is 16.1. The number of aromatic nitrogens is 3. The van der Waals surface area contributed by atoms with Gasteiger partial charge in [-0.1, -0.05) is 35.1 Å².